The molecule has 0 radical (unpaired) electrons. The maximum Gasteiger partial charge on any atom is 0.118 e. The molecule has 0 amide bonds. The first-order chi connectivity index (χ1) is 14.7. The van der Waals surface area contributed by atoms with Crippen LogP contribution in [-0.2, 0) is 0 Å². The van der Waals surface area contributed by atoms with E-state index in [-0.39, 0.29) is 0 Å². The Morgan fingerprint density at radius 1 is 0.667 bits per heavy atom. The molecular weight excluding hydrogens is 366 g/mol. The van der Waals surface area contributed by atoms with Crippen molar-refractivity contribution in [1.82, 2.24) is 4.57 Å². The average Bonchev–Trinajstić information content (AvgIpc) is 3.12. The molecule has 1 aromatic heterocycles. The van der Waals surface area contributed by atoms with Crippen molar-refractivity contribution in [2.45, 2.75) is 6.92 Å². The van der Waals surface area contributed by atoms with Crippen molar-refractivity contribution in [3.05, 3.63) is 108 Å². The maximum atomic E-state index is 5.24. The van der Waals surface area contributed by atoms with E-state index in [0.29, 0.717) is 0 Å². The topological polar surface area (TPSA) is 14.2 Å². The lowest BCUT2D eigenvalue weighted by Crippen LogP contribution is -1.93. The van der Waals surface area contributed by atoms with Gasteiger partial charge in [0.05, 0.1) is 18.1 Å². The molecule has 5 aromatic rings. The van der Waals surface area contributed by atoms with Crippen molar-refractivity contribution in [1.29, 1.82) is 0 Å². The molecule has 0 fully saturated rings. The smallest absolute Gasteiger partial charge is 0.118 e. The van der Waals surface area contributed by atoms with Crippen LogP contribution in [-0.4, -0.2) is 11.7 Å². The normalized spacial score (nSPS) is 11.5. The summed E-state index contributed by atoms with van der Waals surface area (Å²) in [5.41, 5.74) is 7.25. The molecule has 0 aliphatic rings. The zero-order valence-electron chi connectivity index (χ0n) is 17.2. The molecule has 0 bridgehead atoms. The highest BCUT2D eigenvalue weighted by Gasteiger charge is 2.11. The summed E-state index contributed by atoms with van der Waals surface area (Å²) in [4.78, 5) is 0. The van der Waals surface area contributed by atoms with Gasteiger partial charge in [0, 0.05) is 16.5 Å². The lowest BCUT2D eigenvalue weighted by Gasteiger charge is -2.08. The molecule has 0 saturated heterocycles. The van der Waals surface area contributed by atoms with Crippen LogP contribution in [0.4, 0.5) is 0 Å². The number of aromatic nitrogens is 1. The quantitative estimate of drug-likeness (QED) is 0.295. The first kappa shape index (κ1) is 18.3. The third-order valence-corrected chi connectivity index (χ3v) is 5.57. The summed E-state index contributed by atoms with van der Waals surface area (Å²) in [5.74, 6) is 0.873. The van der Waals surface area contributed by atoms with E-state index in [9.17, 15) is 0 Å². The summed E-state index contributed by atoms with van der Waals surface area (Å²) >= 11 is 0. The number of ether oxygens (including phenoxy) is 1. The minimum atomic E-state index is 0.873. The lowest BCUT2D eigenvalue weighted by molar-refractivity contribution is 0.415. The Morgan fingerprint density at radius 2 is 1.33 bits per heavy atom. The molecule has 0 N–H and O–H groups in total. The Bertz CT molecular complexity index is 1360. The molecule has 0 unspecified atom stereocenters. The largest absolute Gasteiger partial charge is 0.497 e. The van der Waals surface area contributed by atoms with Gasteiger partial charge in [-0.3, -0.25) is 0 Å². The van der Waals surface area contributed by atoms with Crippen molar-refractivity contribution < 1.29 is 4.74 Å². The van der Waals surface area contributed by atoms with E-state index in [4.69, 9.17) is 4.74 Å². The second kappa shape index (κ2) is 7.57. The van der Waals surface area contributed by atoms with Crippen LogP contribution < -0.4 is 4.74 Å². The Hall–Kier alpha value is -3.78. The van der Waals surface area contributed by atoms with Crippen molar-refractivity contribution in [3.8, 4) is 11.4 Å². The molecule has 0 atom stereocenters. The lowest BCUT2D eigenvalue weighted by atomic mass is 10.1. The number of rotatable bonds is 4. The molecule has 5 rings (SSSR count). The molecule has 146 valence electrons. The second-order valence-corrected chi connectivity index (χ2v) is 7.57. The van der Waals surface area contributed by atoms with E-state index in [1.807, 2.05) is 12.1 Å². The van der Waals surface area contributed by atoms with Gasteiger partial charge in [0.25, 0.3) is 0 Å². The van der Waals surface area contributed by atoms with Crippen LogP contribution in [0.3, 0.4) is 0 Å². The number of hydrogen-bond donors (Lipinski definition) is 0. The summed E-state index contributed by atoms with van der Waals surface area (Å²) in [5, 5.41) is 2.54. The summed E-state index contributed by atoms with van der Waals surface area (Å²) in [6, 6.07) is 32.1. The maximum absolute atomic E-state index is 5.24. The third-order valence-electron chi connectivity index (χ3n) is 5.57. The van der Waals surface area contributed by atoms with Gasteiger partial charge in [-0.1, -0.05) is 66.2 Å². The average molecular weight is 389 g/mol. The minimum Gasteiger partial charge on any atom is -0.497 e. The van der Waals surface area contributed by atoms with Crippen LogP contribution in [0.25, 0.3) is 39.6 Å². The molecule has 0 spiro atoms. The van der Waals surface area contributed by atoms with E-state index in [0.717, 1.165) is 11.3 Å². The van der Waals surface area contributed by atoms with Crippen LogP contribution in [0.2, 0.25) is 0 Å². The first-order valence-corrected chi connectivity index (χ1v) is 10.2. The van der Waals surface area contributed by atoms with Gasteiger partial charge in [-0.05, 0) is 60.5 Å². The van der Waals surface area contributed by atoms with E-state index >= 15 is 0 Å². The first-order valence-electron chi connectivity index (χ1n) is 10.2. The third kappa shape index (κ3) is 3.27. The van der Waals surface area contributed by atoms with Gasteiger partial charge in [0.2, 0.25) is 0 Å². The Labute approximate surface area is 176 Å². The zero-order valence-corrected chi connectivity index (χ0v) is 17.2. The molecule has 2 heteroatoms. The number of benzene rings is 4. The van der Waals surface area contributed by atoms with Crippen LogP contribution >= 0.6 is 0 Å². The Balaban J connectivity index is 1.61. The highest BCUT2D eigenvalue weighted by atomic mass is 16.5. The fourth-order valence-corrected chi connectivity index (χ4v) is 3.97. The molecule has 30 heavy (non-hydrogen) atoms. The summed E-state index contributed by atoms with van der Waals surface area (Å²) < 4.78 is 7.59. The van der Waals surface area contributed by atoms with Gasteiger partial charge in [-0.15, -0.1) is 0 Å². The highest BCUT2D eigenvalue weighted by Crippen LogP contribution is 2.33. The van der Waals surface area contributed by atoms with Crippen LogP contribution in [0.1, 0.15) is 16.7 Å². The van der Waals surface area contributed by atoms with E-state index in [1.165, 1.54) is 38.6 Å². The fourth-order valence-electron chi connectivity index (χ4n) is 3.97. The Kier molecular flexibility index (Phi) is 4.61. The monoisotopic (exact) mass is 389 g/mol. The highest BCUT2D eigenvalue weighted by molar-refractivity contribution is 6.09. The molecule has 0 saturated carbocycles. The predicted octanol–water partition coefficient (Wildman–Crippen LogP) is 7.27. The van der Waals surface area contributed by atoms with Crippen molar-refractivity contribution in [2.24, 2.45) is 0 Å². The molecule has 4 aromatic carbocycles. The summed E-state index contributed by atoms with van der Waals surface area (Å²) in [6.45, 7) is 2.12. The summed E-state index contributed by atoms with van der Waals surface area (Å²) in [7, 11) is 1.69. The van der Waals surface area contributed by atoms with Gasteiger partial charge in [0.15, 0.2) is 0 Å². The van der Waals surface area contributed by atoms with Gasteiger partial charge in [-0.25, -0.2) is 0 Å². The fraction of sp³-hybridized carbons (Fsp3) is 0.0714. The second-order valence-electron chi connectivity index (χ2n) is 7.57. The van der Waals surface area contributed by atoms with Crippen LogP contribution in [0.15, 0.2) is 91.0 Å². The number of methoxy groups -OCH3 is 1. The number of para-hydroxylation sites is 1. The number of fused-ring (bicyclic) bond motifs is 3. The standard InChI is InChI=1S/C28H23NO/c1-20-7-14-23(15-8-20)29-27-6-4-3-5-25(27)26-19-22(13-18-28(26)29)10-9-21-11-16-24(30-2)17-12-21/h3-19H,1-2H3. The molecule has 1 heterocycles. The van der Waals surface area contributed by atoms with Crippen LogP contribution in [0.5, 0.6) is 5.75 Å². The molecule has 2 nitrogen and oxygen atoms in total. The molecular formula is C28H23NO. The van der Waals surface area contributed by atoms with Crippen molar-refractivity contribution >= 4 is 34.0 Å². The van der Waals surface area contributed by atoms with Gasteiger partial charge in [-0.2, -0.15) is 0 Å². The van der Waals surface area contributed by atoms with Gasteiger partial charge >= 0.3 is 0 Å². The SMILES string of the molecule is COc1ccc(C=Cc2ccc3c(c2)c2ccccc2n3-c2ccc(C)cc2)cc1. The van der Waals surface area contributed by atoms with E-state index < -0.39 is 0 Å². The van der Waals surface area contributed by atoms with Crippen molar-refractivity contribution in [3.63, 3.8) is 0 Å². The predicted molar refractivity (Wildman–Crippen MR) is 127 cm³/mol. The molecule has 0 aliphatic heterocycles. The summed E-state index contributed by atoms with van der Waals surface area (Å²) in [6.07, 6.45) is 4.30. The number of nitrogens with zero attached hydrogens (tertiary/aromatic N) is 1. The van der Waals surface area contributed by atoms with Crippen LogP contribution in [0, 0.1) is 6.92 Å². The zero-order chi connectivity index (χ0) is 20.5. The van der Waals surface area contributed by atoms with Crippen molar-refractivity contribution in [2.75, 3.05) is 7.11 Å². The van der Waals surface area contributed by atoms with E-state index in [2.05, 4.69) is 103 Å². The number of hydrogen-bond acceptors (Lipinski definition) is 1. The minimum absolute atomic E-state index is 0.873. The number of aryl methyl sites for hydroxylation is 1. The molecule has 0 aliphatic carbocycles. The van der Waals surface area contributed by atoms with Gasteiger partial charge in [0.1, 0.15) is 5.75 Å². The van der Waals surface area contributed by atoms with E-state index in [1.54, 1.807) is 7.11 Å². The Morgan fingerprint density at radius 3 is 2.10 bits per heavy atom. The van der Waals surface area contributed by atoms with Gasteiger partial charge < -0.3 is 9.30 Å².